The van der Waals surface area contributed by atoms with E-state index in [1.54, 1.807) is 7.11 Å². The molecule has 3 aromatic rings. The van der Waals surface area contributed by atoms with Crippen molar-refractivity contribution in [3.05, 3.63) is 95.1 Å². The first-order valence-corrected chi connectivity index (χ1v) is 10.6. The van der Waals surface area contributed by atoms with Crippen LogP contribution in [0.4, 0.5) is 0 Å². The number of rotatable bonds is 9. The molecule has 3 aromatic carbocycles. The van der Waals surface area contributed by atoms with Crippen LogP contribution in [0.1, 0.15) is 43.0 Å². The number of ether oxygens (including phenoxy) is 2. The summed E-state index contributed by atoms with van der Waals surface area (Å²) in [5.74, 6) is 1.56. The van der Waals surface area contributed by atoms with Gasteiger partial charge in [-0.05, 0) is 39.8 Å². The molecule has 0 heterocycles. The summed E-state index contributed by atoms with van der Waals surface area (Å²) in [6, 6.07) is 25.4. The van der Waals surface area contributed by atoms with Gasteiger partial charge in [0, 0.05) is 19.5 Å². The minimum absolute atomic E-state index is 0.188. The van der Waals surface area contributed by atoms with Crippen LogP contribution in [0.3, 0.4) is 0 Å². The van der Waals surface area contributed by atoms with Crippen molar-refractivity contribution in [2.45, 2.75) is 45.7 Å². The zero-order chi connectivity index (χ0) is 21.4. The lowest BCUT2D eigenvalue weighted by atomic mass is 9.87. The molecule has 0 amide bonds. The van der Waals surface area contributed by atoms with Crippen molar-refractivity contribution in [2.24, 2.45) is 0 Å². The van der Waals surface area contributed by atoms with E-state index in [0.29, 0.717) is 6.61 Å². The topological polar surface area (TPSA) is 30.5 Å². The molecule has 0 radical (unpaired) electrons. The Morgan fingerprint density at radius 2 is 1.40 bits per heavy atom. The third-order valence-electron chi connectivity index (χ3n) is 5.20. The Morgan fingerprint density at radius 3 is 2.07 bits per heavy atom. The average molecular weight is 404 g/mol. The van der Waals surface area contributed by atoms with Crippen molar-refractivity contribution in [3.63, 3.8) is 0 Å². The highest BCUT2D eigenvalue weighted by atomic mass is 16.5. The lowest BCUT2D eigenvalue weighted by Gasteiger charge is -2.19. The molecule has 0 spiro atoms. The maximum atomic E-state index is 5.95. The lowest BCUT2D eigenvalue weighted by Crippen LogP contribution is -2.14. The summed E-state index contributed by atoms with van der Waals surface area (Å²) in [5, 5.41) is 3.52. The molecule has 0 saturated heterocycles. The Balaban J connectivity index is 1.50. The summed E-state index contributed by atoms with van der Waals surface area (Å²) in [6.45, 7) is 8.96. The molecule has 0 aliphatic heterocycles. The lowest BCUT2D eigenvalue weighted by molar-refractivity contribution is 0.297. The van der Waals surface area contributed by atoms with Crippen LogP contribution < -0.4 is 14.8 Å². The molecule has 158 valence electrons. The van der Waals surface area contributed by atoms with Crippen LogP contribution in [0.5, 0.6) is 11.5 Å². The van der Waals surface area contributed by atoms with E-state index in [1.165, 1.54) is 22.3 Å². The van der Waals surface area contributed by atoms with Gasteiger partial charge in [-0.1, -0.05) is 81.4 Å². The zero-order valence-corrected chi connectivity index (χ0v) is 18.6. The van der Waals surface area contributed by atoms with Gasteiger partial charge in [0.2, 0.25) is 0 Å². The molecule has 0 aromatic heterocycles. The first-order chi connectivity index (χ1) is 14.5. The highest BCUT2D eigenvalue weighted by Gasteiger charge is 2.12. The Morgan fingerprint density at radius 1 is 0.733 bits per heavy atom. The van der Waals surface area contributed by atoms with Crippen molar-refractivity contribution >= 4 is 0 Å². The van der Waals surface area contributed by atoms with E-state index < -0.39 is 0 Å². The summed E-state index contributed by atoms with van der Waals surface area (Å²) in [4.78, 5) is 0. The highest BCUT2D eigenvalue weighted by Crippen LogP contribution is 2.28. The number of benzene rings is 3. The van der Waals surface area contributed by atoms with Crippen LogP contribution in [-0.2, 0) is 24.9 Å². The molecule has 0 unspecified atom stereocenters. The molecular weight excluding hydrogens is 370 g/mol. The van der Waals surface area contributed by atoms with Crippen LogP contribution in [-0.4, -0.2) is 13.7 Å². The summed E-state index contributed by atoms with van der Waals surface area (Å²) in [6.07, 6.45) is 0.876. The molecule has 0 aliphatic carbocycles. The molecular formula is C27H33NO2. The Kier molecular flexibility index (Phi) is 7.53. The minimum Gasteiger partial charge on any atom is -0.493 e. The van der Waals surface area contributed by atoms with Crippen molar-refractivity contribution in [1.29, 1.82) is 0 Å². The second kappa shape index (κ2) is 10.3. The SMILES string of the molecule is COc1cc(CNCc2ccc(C(C)(C)C)cc2)ccc1OCCc1ccccc1. The fourth-order valence-electron chi connectivity index (χ4n) is 3.34. The number of hydrogen-bond acceptors (Lipinski definition) is 3. The minimum atomic E-state index is 0.188. The van der Waals surface area contributed by atoms with Crippen LogP contribution in [0.2, 0.25) is 0 Å². The van der Waals surface area contributed by atoms with Crippen LogP contribution in [0, 0.1) is 0 Å². The van der Waals surface area contributed by atoms with Crippen molar-refractivity contribution in [2.75, 3.05) is 13.7 Å². The number of methoxy groups -OCH3 is 1. The third kappa shape index (κ3) is 6.36. The predicted molar refractivity (Wildman–Crippen MR) is 124 cm³/mol. The Hall–Kier alpha value is -2.78. The van der Waals surface area contributed by atoms with E-state index in [9.17, 15) is 0 Å². The van der Waals surface area contributed by atoms with Gasteiger partial charge in [0.1, 0.15) is 0 Å². The van der Waals surface area contributed by atoms with Crippen molar-refractivity contribution in [1.82, 2.24) is 5.32 Å². The van der Waals surface area contributed by atoms with E-state index in [-0.39, 0.29) is 5.41 Å². The van der Waals surface area contributed by atoms with Crippen LogP contribution in [0.15, 0.2) is 72.8 Å². The smallest absolute Gasteiger partial charge is 0.161 e. The molecule has 3 heteroatoms. The molecule has 3 rings (SSSR count). The number of nitrogens with one attached hydrogen (secondary N) is 1. The summed E-state index contributed by atoms with van der Waals surface area (Å²) in [5.41, 5.74) is 5.28. The molecule has 0 saturated carbocycles. The Bertz CT molecular complexity index is 912. The Labute approximate surface area is 181 Å². The van der Waals surface area contributed by atoms with Crippen molar-refractivity contribution < 1.29 is 9.47 Å². The molecule has 0 bridgehead atoms. The largest absolute Gasteiger partial charge is 0.493 e. The third-order valence-corrected chi connectivity index (χ3v) is 5.20. The summed E-state index contributed by atoms with van der Waals surface area (Å²) in [7, 11) is 1.69. The maximum Gasteiger partial charge on any atom is 0.161 e. The van der Waals surface area contributed by atoms with Gasteiger partial charge in [-0.15, -0.1) is 0 Å². The fourth-order valence-corrected chi connectivity index (χ4v) is 3.34. The van der Waals surface area contributed by atoms with Gasteiger partial charge < -0.3 is 14.8 Å². The molecule has 0 atom stereocenters. The van der Waals surface area contributed by atoms with Crippen LogP contribution >= 0.6 is 0 Å². The molecule has 3 nitrogen and oxygen atoms in total. The van der Waals surface area contributed by atoms with Gasteiger partial charge in [0.05, 0.1) is 13.7 Å². The second-order valence-corrected chi connectivity index (χ2v) is 8.62. The van der Waals surface area contributed by atoms with E-state index in [0.717, 1.165) is 31.0 Å². The predicted octanol–water partition coefficient (Wildman–Crippen LogP) is 5.90. The standard InChI is InChI=1S/C27H33NO2/c1-27(2,3)24-13-10-22(11-14-24)19-28-20-23-12-15-25(26(18-23)29-4)30-17-16-21-8-6-5-7-9-21/h5-15,18,28H,16-17,19-20H2,1-4H3. The molecule has 0 aliphatic rings. The quantitative estimate of drug-likeness (QED) is 0.482. The van der Waals surface area contributed by atoms with Gasteiger partial charge in [0.15, 0.2) is 11.5 Å². The zero-order valence-electron chi connectivity index (χ0n) is 18.6. The molecule has 0 fully saturated rings. The molecule has 30 heavy (non-hydrogen) atoms. The first kappa shape index (κ1) is 21.9. The van der Waals surface area contributed by atoms with Gasteiger partial charge in [-0.3, -0.25) is 0 Å². The highest BCUT2D eigenvalue weighted by molar-refractivity contribution is 5.43. The summed E-state index contributed by atoms with van der Waals surface area (Å²) < 4.78 is 11.5. The van der Waals surface area contributed by atoms with Crippen molar-refractivity contribution in [3.8, 4) is 11.5 Å². The van der Waals surface area contributed by atoms with Crippen LogP contribution in [0.25, 0.3) is 0 Å². The van der Waals surface area contributed by atoms with Gasteiger partial charge in [-0.25, -0.2) is 0 Å². The van der Waals surface area contributed by atoms with E-state index >= 15 is 0 Å². The number of hydrogen-bond donors (Lipinski definition) is 1. The van der Waals surface area contributed by atoms with Gasteiger partial charge in [0.25, 0.3) is 0 Å². The van der Waals surface area contributed by atoms with E-state index in [4.69, 9.17) is 9.47 Å². The fraction of sp³-hybridized carbons (Fsp3) is 0.333. The first-order valence-electron chi connectivity index (χ1n) is 10.6. The van der Waals surface area contributed by atoms with E-state index in [2.05, 4.69) is 80.7 Å². The monoisotopic (exact) mass is 403 g/mol. The van der Waals surface area contributed by atoms with Gasteiger partial charge in [-0.2, -0.15) is 0 Å². The van der Waals surface area contributed by atoms with E-state index in [1.807, 2.05) is 18.2 Å². The maximum absolute atomic E-state index is 5.95. The van der Waals surface area contributed by atoms with Gasteiger partial charge >= 0.3 is 0 Å². The average Bonchev–Trinajstić information content (AvgIpc) is 2.75. The summed E-state index contributed by atoms with van der Waals surface area (Å²) >= 11 is 0. The normalized spacial score (nSPS) is 11.3. The molecule has 1 N–H and O–H groups in total. The second-order valence-electron chi connectivity index (χ2n) is 8.62.